The van der Waals surface area contributed by atoms with Gasteiger partial charge in [-0.05, 0) is 61.7 Å². The largest absolute Gasteiger partial charge is 0.493 e. The van der Waals surface area contributed by atoms with Crippen LogP contribution in [0.3, 0.4) is 0 Å². The normalized spacial score (nSPS) is 15.4. The van der Waals surface area contributed by atoms with Crippen LogP contribution in [0.5, 0.6) is 11.5 Å². The minimum absolute atomic E-state index is 0.171. The number of thiocarbonyl (C=S) groups is 1. The second-order valence-electron chi connectivity index (χ2n) is 7.78. The number of benzene rings is 1. The molecule has 152 valence electrons. The summed E-state index contributed by atoms with van der Waals surface area (Å²) in [5.74, 6) is 1.47. The molecule has 4 nitrogen and oxygen atoms in total. The Kier molecular flexibility index (Phi) is 6.96. The van der Waals surface area contributed by atoms with Gasteiger partial charge >= 0.3 is 0 Å². The summed E-state index contributed by atoms with van der Waals surface area (Å²) in [4.78, 5) is 4.59. The molecule has 0 amide bonds. The molecule has 1 aromatic carbocycles. The lowest BCUT2D eigenvalue weighted by atomic mass is 9.91. The molecule has 2 N–H and O–H groups in total. The monoisotopic (exact) mass is 418 g/mol. The maximum absolute atomic E-state index is 6.59. The summed E-state index contributed by atoms with van der Waals surface area (Å²) >= 11 is 7.55. The summed E-state index contributed by atoms with van der Waals surface area (Å²) < 4.78 is 10.8. The molecule has 2 heterocycles. The second-order valence-corrected chi connectivity index (χ2v) is 9.20. The first kappa shape index (κ1) is 21.1. The Morgan fingerprint density at radius 3 is 2.61 bits per heavy atom. The quantitative estimate of drug-likeness (QED) is 0.445. The molecular weight excluding hydrogens is 388 g/mol. The average molecular weight is 419 g/mol. The Balaban J connectivity index is 1.50. The third-order valence-corrected chi connectivity index (χ3v) is 6.86. The van der Waals surface area contributed by atoms with E-state index in [9.17, 15) is 0 Å². The van der Waals surface area contributed by atoms with E-state index in [1.54, 1.807) is 14.2 Å². The summed E-state index contributed by atoms with van der Waals surface area (Å²) in [6.07, 6.45) is 5.47. The molecule has 0 aliphatic carbocycles. The topological polar surface area (TPSA) is 47.7 Å². The molecule has 0 fully saturated rings. The lowest BCUT2D eigenvalue weighted by molar-refractivity contribution is 0.323. The highest BCUT2D eigenvalue weighted by atomic mass is 32.1. The zero-order valence-corrected chi connectivity index (χ0v) is 18.6. The maximum Gasteiger partial charge on any atom is 0.161 e. The Labute approximate surface area is 177 Å². The van der Waals surface area contributed by atoms with Crippen LogP contribution in [0.2, 0.25) is 0 Å². The molecule has 0 radical (unpaired) electrons. The Morgan fingerprint density at radius 1 is 1.18 bits per heavy atom. The van der Waals surface area contributed by atoms with Gasteiger partial charge in [-0.1, -0.05) is 24.7 Å². The van der Waals surface area contributed by atoms with Crippen LogP contribution in [0.25, 0.3) is 0 Å². The number of unbranched alkanes of at least 4 members (excludes halogenated alkanes) is 1. The first-order valence-corrected chi connectivity index (χ1v) is 11.1. The summed E-state index contributed by atoms with van der Waals surface area (Å²) in [5, 5.41) is 2.14. The van der Waals surface area contributed by atoms with E-state index in [1.807, 2.05) is 23.5 Å². The first-order chi connectivity index (χ1) is 13.4. The standard InChI is InChI=1S/C22H30N2O2S2/c1-22(23,9-5-4-7-17-8-6-12-28-17)10-11-24-15-16-13-19(25-2)20(26-3)14-18(16)21(24)27/h6,8,12-14H,4-5,7,9-11,15,23H2,1-3H3. The van der Waals surface area contributed by atoms with Crippen molar-refractivity contribution >= 4 is 28.5 Å². The molecule has 1 aliphatic heterocycles. The highest BCUT2D eigenvalue weighted by molar-refractivity contribution is 7.80. The van der Waals surface area contributed by atoms with E-state index in [2.05, 4.69) is 29.3 Å². The molecule has 1 aliphatic rings. The number of hydrogen-bond acceptors (Lipinski definition) is 5. The molecule has 0 bridgehead atoms. The van der Waals surface area contributed by atoms with Crippen molar-refractivity contribution < 1.29 is 9.47 Å². The predicted octanol–water partition coefficient (Wildman–Crippen LogP) is 4.78. The fourth-order valence-electron chi connectivity index (χ4n) is 3.68. The van der Waals surface area contributed by atoms with E-state index in [-0.39, 0.29) is 5.54 Å². The molecule has 0 saturated heterocycles. The molecule has 6 heteroatoms. The minimum atomic E-state index is -0.171. The molecular formula is C22H30N2O2S2. The average Bonchev–Trinajstić information content (AvgIpc) is 3.30. The van der Waals surface area contributed by atoms with Gasteiger partial charge in [0.25, 0.3) is 0 Å². The maximum atomic E-state index is 6.59. The van der Waals surface area contributed by atoms with Crippen molar-refractivity contribution in [2.24, 2.45) is 5.73 Å². The lowest BCUT2D eigenvalue weighted by Gasteiger charge is -2.28. The summed E-state index contributed by atoms with van der Waals surface area (Å²) in [6, 6.07) is 8.35. The van der Waals surface area contributed by atoms with Crippen molar-refractivity contribution in [2.75, 3.05) is 20.8 Å². The summed E-state index contributed by atoms with van der Waals surface area (Å²) in [5.41, 5.74) is 8.68. The fourth-order valence-corrected chi connectivity index (χ4v) is 4.77. The summed E-state index contributed by atoms with van der Waals surface area (Å²) in [6.45, 7) is 3.84. The van der Waals surface area contributed by atoms with E-state index in [0.717, 1.165) is 60.8 Å². The Hall–Kier alpha value is -1.63. The zero-order chi connectivity index (χ0) is 20.1. The van der Waals surface area contributed by atoms with Gasteiger partial charge in [0.2, 0.25) is 0 Å². The van der Waals surface area contributed by atoms with E-state index in [4.69, 9.17) is 27.4 Å². The van der Waals surface area contributed by atoms with Crippen LogP contribution < -0.4 is 15.2 Å². The zero-order valence-electron chi connectivity index (χ0n) is 17.0. The lowest BCUT2D eigenvalue weighted by Crippen LogP contribution is -2.40. The number of hydrogen-bond donors (Lipinski definition) is 1. The van der Waals surface area contributed by atoms with Crippen LogP contribution >= 0.6 is 23.6 Å². The molecule has 2 aromatic rings. The van der Waals surface area contributed by atoms with Crippen molar-refractivity contribution in [2.45, 2.75) is 51.1 Å². The number of fused-ring (bicyclic) bond motifs is 1. The molecule has 0 spiro atoms. The van der Waals surface area contributed by atoms with E-state index >= 15 is 0 Å². The minimum Gasteiger partial charge on any atom is -0.493 e. The highest BCUT2D eigenvalue weighted by Gasteiger charge is 2.28. The van der Waals surface area contributed by atoms with Crippen LogP contribution in [-0.2, 0) is 13.0 Å². The third-order valence-electron chi connectivity index (χ3n) is 5.44. The van der Waals surface area contributed by atoms with Crippen LogP contribution in [0.4, 0.5) is 0 Å². The first-order valence-electron chi connectivity index (χ1n) is 9.79. The van der Waals surface area contributed by atoms with Crippen molar-refractivity contribution in [1.82, 2.24) is 4.90 Å². The smallest absolute Gasteiger partial charge is 0.161 e. The van der Waals surface area contributed by atoms with Crippen LogP contribution in [-0.4, -0.2) is 36.2 Å². The van der Waals surface area contributed by atoms with Crippen LogP contribution in [0.1, 0.15) is 48.6 Å². The number of aryl methyl sites for hydroxylation is 1. The fraction of sp³-hybridized carbons (Fsp3) is 0.500. The van der Waals surface area contributed by atoms with Crippen molar-refractivity contribution in [3.63, 3.8) is 0 Å². The second kappa shape index (κ2) is 9.25. The van der Waals surface area contributed by atoms with Gasteiger partial charge in [0.15, 0.2) is 11.5 Å². The Bertz CT molecular complexity index is 803. The van der Waals surface area contributed by atoms with Crippen molar-refractivity contribution in [3.8, 4) is 11.5 Å². The van der Waals surface area contributed by atoms with Crippen LogP contribution in [0.15, 0.2) is 29.6 Å². The van der Waals surface area contributed by atoms with Crippen molar-refractivity contribution in [3.05, 3.63) is 45.6 Å². The van der Waals surface area contributed by atoms with Gasteiger partial charge in [-0.2, -0.15) is 0 Å². The van der Waals surface area contributed by atoms with Gasteiger partial charge in [0.1, 0.15) is 4.99 Å². The SMILES string of the molecule is COc1cc2c(cc1OC)C(=S)N(CCC(C)(N)CCCCc1cccs1)C2. The predicted molar refractivity (Wildman–Crippen MR) is 121 cm³/mol. The molecule has 1 unspecified atom stereocenters. The van der Waals surface area contributed by atoms with Crippen LogP contribution in [0, 0.1) is 0 Å². The number of ether oxygens (including phenoxy) is 2. The molecule has 0 saturated carbocycles. The van der Waals surface area contributed by atoms with Crippen molar-refractivity contribution in [1.29, 1.82) is 0 Å². The van der Waals surface area contributed by atoms with Gasteiger partial charge in [0, 0.05) is 29.1 Å². The molecule has 3 rings (SSSR count). The number of nitrogens with two attached hydrogens (primary N) is 1. The molecule has 1 atom stereocenters. The van der Waals surface area contributed by atoms with Gasteiger partial charge < -0.3 is 20.1 Å². The number of rotatable bonds is 10. The third kappa shape index (κ3) is 5.04. The number of thiophene rings is 1. The number of nitrogens with zero attached hydrogens (tertiary/aromatic N) is 1. The van der Waals surface area contributed by atoms with Gasteiger partial charge in [-0.25, -0.2) is 0 Å². The van der Waals surface area contributed by atoms with Gasteiger partial charge in [-0.15, -0.1) is 11.3 Å². The highest BCUT2D eigenvalue weighted by Crippen LogP contribution is 2.35. The number of methoxy groups -OCH3 is 2. The van der Waals surface area contributed by atoms with Gasteiger partial charge in [-0.3, -0.25) is 0 Å². The van der Waals surface area contributed by atoms with Gasteiger partial charge in [0.05, 0.1) is 14.2 Å². The molecule has 28 heavy (non-hydrogen) atoms. The summed E-state index contributed by atoms with van der Waals surface area (Å²) in [7, 11) is 3.31. The van der Waals surface area contributed by atoms with E-state index < -0.39 is 0 Å². The Morgan fingerprint density at radius 2 is 1.93 bits per heavy atom. The van der Waals surface area contributed by atoms with E-state index in [0.29, 0.717) is 0 Å². The molecule has 1 aromatic heterocycles. The van der Waals surface area contributed by atoms with E-state index in [1.165, 1.54) is 16.9 Å².